The van der Waals surface area contributed by atoms with Crippen molar-refractivity contribution in [3.63, 3.8) is 0 Å². The summed E-state index contributed by atoms with van der Waals surface area (Å²) in [4.78, 5) is 15.0. The number of methoxy groups -OCH3 is 1. The van der Waals surface area contributed by atoms with Gasteiger partial charge in [-0.15, -0.1) is 12.4 Å². The van der Waals surface area contributed by atoms with Gasteiger partial charge in [0, 0.05) is 23.7 Å². The van der Waals surface area contributed by atoms with Crippen LogP contribution in [0.5, 0.6) is 5.75 Å². The average molecular weight is 365 g/mol. The molecule has 24 heavy (non-hydrogen) atoms. The monoisotopic (exact) mass is 364 g/mol. The lowest BCUT2D eigenvalue weighted by Crippen LogP contribution is -2.31. The number of ether oxygens (including phenoxy) is 1. The summed E-state index contributed by atoms with van der Waals surface area (Å²) in [6.45, 7) is 0.719. The van der Waals surface area contributed by atoms with Crippen molar-refractivity contribution >= 4 is 41.3 Å². The summed E-state index contributed by atoms with van der Waals surface area (Å²) in [5, 5.41) is 0.364. The Bertz CT molecular complexity index is 819. The standard InChI is InChI=1S/C18H17ClN2O2.ClH/c1-23-16-9-14(20)13(19)8-11(16)17(22)21-10-18(6-7-18)12-4-2-3-5-15(12)21;/h2-5,8-9H,6-7,10,20H2,1H3;1H. The highest BCUT2D eigenvalue weighted by Crippen LogP contribution is 2.56. The van der Waals surface area contributed by atoms with Crippen LogP contribution < -0.4 is 15.4 Å². The van der Waals surface area contributed by atoms with Crippen molar-refractivity contribution in [3.05, 3.63) is 52.5 Å². The number of nitrogens with zero attached hydrogens (tertiary/aromatic N) is 1. The number of amides is 1. The second-order valence-corrected chi connectivity index (χ2v) is 6.67. The first kappa shape index (κ1) is 16.9. The maximum Gasteiger partial charge on any atom is 0.262 e. The van der Waals surface area contributed by atoms with Crippen LogP contribution in [0.1, 0.15) is 28.8 Å². The van der Waals surface area contributed by atoms with Gasteiger partial charge in [-0.3, -0.25) is 4.79 Å². The van der Waals surface area contributed by atoms with E-state index in [1.165, 1.54) is 12.7 Å². The van der Waals surface area contributed by atoms with Crippen LogP contribution in [0.4, 0.5) is 11.4 Å². The molecule has 1 spiro atoms. The van der Waals surface area contributed by atoms with E-state index in [2.05, 4.69) is 6.07 Å². The van der Waals surface area contributed by atoms with Gasteiger partial charge in [0.25, 0.3) is 5.91 Å². The van der Waals surface area contributed by atoms with Crippen molar-refractivity contribution in [2.45, 2.75) is 18.3 Å². The van der Waals surface area contributed by atoms with Crippen LogP contribution in [0.15, 0.2) is 36.4 Å². The Balaban J connectivity index is 0.00000169. The van der Waals surface area contributed by atoms with Crippen molar-refractivity contribution in [1.29, 1.82) is 0 Å². The Morgan fingerprint density at radius 1 is 1.29 bits per heavy atom. The van der Waals surface area contributed by atoms with E-state index in [1.807, 2.05) is 23.1 Å². The van der Waals surface area contributed by atoms with E-state index in [0.717, 1.165) is 25.1 Å². The predicted octanol–water partition coefficient (Wildman–Crippen LogP) is 4.04. The van der Waals surface area contributed by atoms with Crippen LogP contribution in [-0.4, -0.2) is 19.6 Å². The van der Waals surface area contributed by atoms with E-state index in [9.17, 15) is 4.79 Å². The molecule has 2 aliphatic rings. The highest BCUT2D eigenvalue weighted by Gasteiger charge is 2.53. The maximum absolute atomic E-state index is 13.1. The lowest BCUT2D eigenvalue weighted by Gasteiger charge is -2.20. The number of benzene rings is 2. The van der Waals surface area contributed by atoms with Gasteiger partial charge in [0.2, 0.25) is 0 Å². The number of halogens is 2. The highest BCUT2D eigenvalue weighted by molar-refractivity contribution is 6.33. The van der Waals surface area contributed by atoms with Crippen LogP contribution in [0.2, 0.25) is 5.02 Å². The first-order chi connectivity index (χ1) is 11.1. The van der Waals surface area contributed by atoms with E-state index >= 15 is 0 Å². The molecule has 2 aromatic carbocycles. The molecular weight excluding hydrogens is 347 g/mol. The van der Waals surface area contributed by atoms with E-state index in [0.29, 0.717) is 22.0 Å². The summed E-state index contributed by atoms with van der Waals surface area (Å²) in [5.41, 5.74) is 9.07. The second kappa shape index (κ2) is 5.87. The van der Waals surface area contributed by atoms with Gasteiger partial charge in [-0.1, -0.05) is 29.8 Å². The SMILES string of the molecule is COc1cc(N)c(Cl)cc1C(=O)N1CC2(CC2)c2ccccc21.Cl. The molecule has 126 valence electrons. The summed E-state index contributed by atoms with van der Waals surface area (Å²) in [5.74, 6) is 0.353. The molecule has 0 aromatic heterocycles. The summed E-state index contributed by atoms with van der Waals surface area (Å²) in [7, 11) is 1.53. The van der Waals surface area contributed by atoms with Crippen molar-refractivity contribution < 1.29 is 9.53 Å². The van der Waals surface area contributed by atoms with E-state index in [-0.39, 0.29) is 23.7 Å². The van der Waals surface area contributed by atoms with Gasteiger partial charge in [0.15, 0.2) is 0 Å². The molecule has 2 aromatic rings. The molecule has 0 atom stereocenters. The number of hydrogen-bond donors (Lipinski definition) is 1. The summed E-state index contributed by atoms with van der Waals surface area (Å²) >= 11 is 6.11. The third-order valence-electron chi connectivity index (χ3n) is 4.87. The molecule has 1 aliphatic heterocycles. The molecule has 1 amide bonds. The maximum atomic E-state index is 13.1. The van der Waals surface area contributed by atoms with Gasteiger partial charge in [-0.2, -0.15) is 0 Å². The largest absolute Gasteiger partial charge is 0.496 e. The molecule has 2 N–H and O–H groups in total. The minimum atomic E-state index is -0.0972. The fourth-order valence-electron chi connectivity index (χ4n) is 3.44. The highest BCUT2D eigenvalue weighted by atomic mass is 35.5. The number of hydrogen-bond acceptors (Lipinski definition) is 3. The number of anilines is 2. The van der Waals surface area contributed by atoms with Gasteiger partial charge < -0.3 is 15.4 Å². The number of nitrogens with two attached hydrogens (primary N) is 1. The Labute approximate surface area is 151 Å². The Kier molecular flexibility index (Phi) is 4.14. The molecule has 0 unspecified atom stereocenters. The van der Waals surface area contributed by atoms with Gasteiger partial charge in [-0.05, 0) is 30.5 Å². The number of fused-ring (bicyclic) bond motifs is 2. The molecule has 0 bridgehead atoms. The molecule has 1 aliphatic carbocycles. The second-order valence-electron chi connectivity index (χ2n) is 6.26. The molecule has 1 heterocycles. The third-order valence-corrected chi connectivity index (χ3v) is 5.20. The fourth-order valence-corrected chi connectivity index (χ4v) is 3.60. The zero-order valence-electron chi connectivity index (χ0n) is 13.2. The molecule has 4 rings (SSSR count). The number of carbonyl (C=O) groups excluding carboxylic acids is 1. The minimum absolute atomic E-state index is 0. The average Bonchev–Trinajstić information content (AvgIpc) is 3.27. The van der Waals surface area contributed by atoms with E-state index in [4.69, 9.17) is 22.1 Å². The van der Waals surface area contributed by atoms with Gasteiger partial charge in [-0.25, -0.2) is 0 Å². The van der Waals surface area contributed by atoms with Crippen LogP contribution in [0, 0.1) is 0 Å². The van der Waals surface area contributed by atoms with Crippen LogP contribution in [-0.2, 0) is 5.41 Å². The first-order valence-electron chi connectivity index (χ1n) is 7.60. The lowest BCUT2D eigenvalue weighted by atomic mass is 9.99. The van der Waals surface area contributed by atoms with Crippen molar-refractivity contribution in [2.24, 2.45) is 0 Å². The Morgan fingerprint density at radius 3 is 2.67 bits per heavy atom. The normalized spacial score (nSPS) is 16.5. The van der Waals surface area contributed by atoms with Crippen LogP contribution >= 0.6 is 24.0 Å². The van der Waals surface area contributed by atoms with Gasteiger partial charge in [0.05, 0.1) is 23.4 Å². The van der Waals surface area contributed by atoms with Gasteiger partial charge in [0.1, 0.15) is 5.75 Å². The number of nitrogen functional groups attached to an aromatic ring is 1. The molecule has 1 saturated carbocycles. The molecule has 4 nitrogen and oxygen atoms in total. The number of carbonyl (C=O) groups is 1. The molecule has 0 saturated heterocycles. The topological polar surface area (TPSA) is 55.6 Å². The summed E-state index contributed by atoms with van der Waals surface area (Å²) in [6.07, 6.45) is 2.26. The molecule has 6 heteroatoms. The van der Waals surface area contributed by atoms with Crippen LogP contribution in [0.3, 0.4) is 0 Å². The number of para-hydroxylation sites is 1. The smallest absolute Gasteiger partial charge is 0.262 e. The predicted molar refractivity (Wildman–Crippen MR) is 98.7 cm³/mol. The fraction of sp³-hybridized carbons (Fsp3) is 0.278. The summed E-state index contributed by atoms with van der Waals surface area (Å²) < 4.78 is 5.33. The third kappa shape index (κ3) is 2.41. The van der Waals surface area contributed by atoms with Crippen LogP contribution in [0.25, 0.3) is 0 Å². The molecule has 0 radical (unpaired) electrons. The Hall–Kier alpha value is -1.91. The Morgan fingerprint density at radius 2 is 2.00 bits per heavy atom. The zero-order valence-corrected chi connectivity index (χ0v) is 14.8. The van der Waals surface area contributed by atoms with E-state index < -0.39 is 0 Å². The van der Waals surface area contributed by atoms with Crippen molar-refractivity contribution in [3.8, 4) is 5.75 Å². The van der Waals surface area contributed by atoms with Crippen molar-refractivity contribution in [1.82, 2.24) is 0 Å². The molecule has 1 fully saturated rings. The lowest BCUT2D eigenvalue weighted by molar-refractivity contribution is 0.0984. The van der Waals surface area contributed by atoms with Crippen molar-refractivity contribution in [2.75, 3.05) is 24.3 Å². The van der Waals surface area contributed by atoms with E-state index in [1.54, 1.807) is 12.1 Å². The van der Waals surface area contributed by atoms with Gasteiger partial charge >= 0.3 is 0 Å². The summed E-state index contributed by atoms with van der Waals surface area (Å²) in [6, 6.07) is 11.3. The number of rotatable bonds is 2. The zero-order chi connectivity index (χ0) is 16.2. The minimum Gasteiger partial charge on any atom is -0.496 e. The molecular formula is C18H18Cl2N2O2. The quantitative estimate of drug-likeness (QED) is 0.817. The first-order valence-corrected chi connectivity index (χ1v) is 7.98.